The van der Waals surface area contributed by atoms with E-state index in [-0.39, 0.29) is 24.4 Å². The van der Waals surface area contributed by atoms with Crippen LogP contribution in [-0.4, -0.2) is 33.2 Å². The van der Waals surface area contributed by atoms with E-state index in [2.05, 4.69) is 10.4 Å². The number of carbonyl (C=O) groups excluding carboxylic acids is 1. The van der Waals surface area contributed by atoms with Gasteiger partial charge in [0.2, 0.25) is 0 Å². The molecule has 1 aromatic heterocycles. The number of hydrogen-bond donors (Lipinski definition) is 2. The molecule has 0 aliphatic carbocycles. The summed E-state index contributed by atoms with van der Waals surface area (Å²) in [7, 11) is 0. The van der Waals surface area contributed by atoms with Crippen molar-refractivity contribution in [2.45, 2.75) is 12.1 Å². The van der Waals surface area contributed by atoms with E-state index in [9.17, 15) is 20.0 Å². The summed E-state index contributed by atoms with van der Waals surface area (Å²) in [6, 6.07) is 15.7. The second-order valence-corrected chi connectivity index (χ2v) is 7.88. The lowest BCUT2D eigenvalue weighted by molar-refractivity contribution is -0.402. The molecule has 0 radical (unpaired) electrons. The number of nitro groups is 1. The molecule has 1 aliphatic rings. The Bertz CT molecular complexity index is 1190. The molecule has 2 aromatic carbocycles. The SMILES string of the molecule is O=C(CNc1ccc(Cl)cc1)N1N=C(c2ccc([N+](=O)[O-])o2)CC1(O)c1ccc(Cl)cc1. The van der Waals surface area contributed by atoms with Crippen LogP contribution in [0.5, 0.6) is 0 Å². The predicted molar refractivity (Wildman–Crippen MR) is 119 cm³/mol. The first-order valence-corrected chi connectivity index (χ1v) is 10.1. The van der Waals surface area contributed by atoms with Gasteiger partial charge in [-0.2, -0.15) is 10.1 Å². The molecule has 0 saturated heterocycles. The Labute approximate surface area is 192 Å². The zero-order chi connectivity index (χ0) is 22.9. The molecule has 0 spiro atoms. The van der Waals surface area contributed by atoms with Crippen molar-refractivity contribution < 1.29 is 19.2 Å². The van der Waals surface area contributed by atoms with E-state index >= 15 is 0 Å². The molecule has 0 saturated carbocycles. The summed E-state index contributed by atoms with van der Waals surface area (Å²) in [6.07, 6.45) is -0.133. The van der Waals surface area contributed by atoms with E-state index in [0.29, 0.717) is 21.3 Å². The minimum absolute atomic E-state index is 0.0880. The van der Waals surface area contributed by atoms with E-state index < -0.39 is 22.4 Å². The molecule has 2 N–H and O–H groups in total. The maximum absolute atomic E-state index is 13.0. The highest BCUT2D eigenvalue weighted by atomic mass is 35.5. The Morgan fingerprint density at radius 3 is 2.34 bits per heavy atom. The van der Waals surface area contributed by atoms with Crippen LogP contribution in [-0.2, 0) is 10.5 Å². The Morgan fingerprint density at radius 1 is 1.12 bits per heavy atom. The zero-order valence-corrected chi connectivity index (χ0v) is 17.9. The fourth-order valence-electron chi connectivity index (χ4n) is 3.29. The van der Waals surface area contributed by atoms with Gasteiger partial charge < -0.3 is 14.8 Å². The molecule has 32 heavy (non-hydrogen) atoms. The average molecular weight is 475 g/mol. The first-order valence-electron chi connectivity index (χ1n) is 9.39. The Kier molecular flexibility index (Phi) is 5.88. The Balaban J connectivity index is 1.63. The van der Waals surface area contributed by atoms with Gasteiger partial charge in [-0.15, -0.1) is 0 Å². The van der Waals surface area contributed by atoms with Crippen LogP contribution in [0, 0.1) is 10.1 Å². The van der Waals surface area contributed by atoms with Gasteiger partial charge >= 0.3 is 5.88 Å². The van der Waals surface area contributed by atoms with Crippen molar-refractivity contribution in [3.63, 3.8) is 0 Å². The quantitative estimate of drug-likeness (QED) is 0.403. The first kappa shape index (κ1) is 21.8. The summed E-state index contributed by atoms with van der Waals surface area (Å²) in [4.78, 5) is 23.3. The van der Waals surface area contributed by atoms with E-state index in [1.165, 1.54) is 12.1 Å². The molecule has 1 atom stereocenters. The number of carbonyl (C=O) groups is 1. The number of benzene rings is 2. The van der Waals surface area contributed by atoms with Gasteiger partial charge in [0.15, 0.2) is 11.5 Å². The van der Waals surface area contributed by atoms with Gasteiger partial charge in [0.25, 0.3) is 5.91 Å². The fraction of sp³-hybridized carbons (Fsp3) is 0.143. The van der Waals surface area contributed by atoms with Crippen LogP contribution in [0.3, 0.4) is 0 Å². The van der Waals surface area contributed by atoms with Crippen LogP contribution in [0.1, 0.15) is 17.7 Å². The summed E-state index contributed by atoms with van der Waals surface area (Å²) in [5.41, 5.74) is -0.611. The third kappa shape index (κ3) is 4.31. The summed E-state index contributed by atoms with van der Waals surface area (Å²) in [6.45, 7) is -0.174. The molecule has 2 heterocycles. The average Bonchev–Trinajstić information content (AvgIpc) is 3.39. The predicted octanol–water partition coefficient (Wildman–Crippen LogP) is 4.39. The molecule has 11 heteroatoms. The fourth-order valence-corrected chi connectivity index (χ4v) is 3.54. The number of anilines is 1. The molecule has 3 aromatic rings. The molecule has 4 rings (SSSR count). The summed E-state index contributed by atoms with van der Waals surface area (Å²) < 4.78 is 5.22. The van der Waals surface area contributed by atoms with Gasteiger partial charge in [0.05, 0.1) is 12.6 Å². The Hall–Kier alpha value is -3.40. The van der Waals surface area contributed by atoms with Crippen molar-refractivity contribution in [3.8, 4) is 0 Å². The van der Waals surface area contributed by atoms with Crippen molar-refractivity contribution in [1.82, 2.24) is 5.01 Å². The van der Waals surface area contributed by atoms with Gasteiger partial charge in [0.1, 0.15) is 10.6 Å². The van der Waals surface area contributed by atoms with Gasteiger partial charge in [-0.1, -0.05) is 35.3 Å². The number of nitrogens with zero attached hydrogens (tertiary/aromatic N) is 3. The van der Waals surface area contributed by atoms with Crippen LogP contribution >= 0.6 is 23.2 Å². The second-order valence-electron chi connectivity index (χ2n) is 7.01. The number of furan rings is 1. The molecule has 0 fully saturated rings. The largest absolute Gasteiger partial charge is 0.433 e. The number of halogens is 2. The van der Waals surface area contributed by atoms with Crippen LogP contribution in [0.4, 0.5) is 11.6 Å². The minimum atomic E-state index is -1.83. The first-order chi connectivity index (χ1) is 15.3. The monoisotopic (exact) mass is 474 g/mol. The smallest absolute Gasteiger partial charge is 0.399 e. The van der Waals surface area contributed by atoms with E-state index in [1.54, 1.807) is 48.5 Å². The highest BCUT2D eigenvalue weighted by Crippen LogP contribution is 2.38. The highest BCUT2D eigenvalue weighted by Gasteiger charge is 2.47. The lowest BCUT2D eigenvalue weighted by atomic mass is 9.96. The minimum Gasteiger partial charge on any atom is -0.399 e. The van der Waals surface area contributed by atoms with Gasteiger partial charge in [-0.25, -0.2) is 0 Å². The molecule has 9 nitrogen and oxygen atoms in total. The second kappa shape index (κ2) is 8.62. The molecule has 1 aliphatic heterocycles. The van der Waals surface area contributed by atoms with Crippen molar-refractivity contribution in [3.05, 3.63) is 92.1 Å². The topological polar surface area (TPSA) is 121 Å². The van der Waals surface area contributed by atoms with Gasteiger partial charge in [-0.05, 0) is 42.5 Å². The molecular weight excluding hydrogens is 459 g/mol. The molecular formula is C21H16Cl2N4O5. The van der Waals surface area contributed by atoms with E-state index in [4.69, 9.17) is 27.6 Å². The third-order valence-corrected chi connectivity index (χ3v) is 5.38. The number of hydrazone groups is 1. The molecule has 1 amide bonds. The number of rotatable bonds is 6. The molecule has 164 valence electrons. The number of nitrogens with one attached hydrogen (secondary N) is 1. The van der Waals surface area contributed by atoms with Crippen LogP contribution in [0.2, 0.25) is 10.0 Å². The summed E-state index contributed by atoms with van der Waals surface area (Å²) >= 11 is 11.8. The number of amides is 1. The van der Waals surface area contributed by atoms with Crippen LogP contribution < -0.4 is 5.32 Å². The maximum atomic E-state index is 13.0. The van der Waals surface area contributed by atoms with Crippen molar-refractivity contribution in [2.75, 3.05) is 11.9 Å². The third-order valence-electron chi connectivity index (χ3n) is 4.87. The van der Waals surface area contributed by atoms with Gasteiger partial charge in [0, 0.05) is 27.7 Å². The van der Waals surface area contributed by atoms with Crippen molar-refractivity contribution >= 4 is 46.4 Å². The summed E-state index contributed by atoms with van der Waals surface area (Å²) in [5.74, 6) is -0.912. The molecule has 1 unspecified atom stereocenters. The Morgan fingerprint density at radius 2 is 1.75 bits per heavy atom. The maximum Gasteiger partial charge on any atom is 0.433 e. The normalized spacial score (nSPS) is 17.8. The number of aliphatic hydroxyl groups is 1. The van der Waals surface area contributed by atoms with Crippen LogP contribution in [0.15, 0.2) is 70.2 Å². The lowest BCUT2D eigenvalue weighted by Gasteiger charge is -2.31. The van der Waals surface area contributed by atoms with E-state index in [0.717, 1.165) is 5.01 Å². The van der Waals surface area contributed by atoms with E-state index in [1.807, 2.05) is 0 Å². The van der Waals surface area contributed by atoms with Crippen molar-refractivity contribution in [1.29, 1.82) is 0 Å². The van der Waals surface area contributed by atoms with Crippen molar-refractivity contribution in [2.24, 2.45) is 5.10 Å². The molecule has 0 bridgehead atoms. The lowest BCUT2D eigenvalue weighted by Crippen LogP contribution is -2.45. The standard InChI is InChI=1S/C21H16Cl2N4O5/c22-14-3-1-13(2-4-14)21(29)11-17(18-9-10-20(32-18)27(30)31)25-26(21)19(28)12-24-16-7-5-15(23)6-8-16/h1-10,24,29H,11-12H2. The summed E-state index contributed by atoms with van der Waals surface area (Å²) in [5, 5.41) is 31.6. The zero-order valence-electron chi connectivity index (χ0n) is 16.4. The van der Waals surface area contributed by atoms with Gasteiger partial charge in [-0.3, -0.25) is 14.9 Å². The van der Waals surface area contributed by atoms with Crippen LogP contribution in [0.25, 0.3) is 0 Å². The number of hydrogen-bond acceptors (Lipinski definition) is 7. The highest BCUT2D eigenvalue weighted by molar-refractivity contribution is 6.30.